The van der Waals surface area contributed by atoms with Crippen molar-refractivity contribution in [2.24, 2.45) is 0 Å². The Hall–Kier alpha value is -0.0800. The van der Waals surface area contributed by atoms with E-state index in [1.54, 1.807) is 0 Å². The van der Waals surface area contributed by atoms with Crippen LogP contribution in [0.5, 0.6) is 0 Å². The molecule has 0 aromatic heterocycles. The molecule has 1 aliphatic rings. The summed E-state index contributed by atoms with van der Waals surface area (Å²) in [5.74, 6) is 0. The molecule has 0 aromatic carbocycles. The maximum Gasteiger partial charge on any atom is 0.0697 e. The fraction of sp³-hybridized carbons (Fsp3) is 1.00. The lowest BCUT2D eigenvalue weighted by Crippen LogP contribution is -2.46. The van der Waals surface area contributed by atoms with Crippen molar-refractivity contribution in [3.8, 4) is 0 Å². The second kappa shape index (κ2) is 3.11. The molecule has 1 N–H and O–H groups in total. The minimum absolute atomic E-state index is 0.240. The molecule has 1 aliphatic heterocycles. The van der Waals surface area contributed by atoms with Crippen LogP contribution in [0.25, 0.3) is 0 Å². The Morgan fingerprint density at radius 2 is 2.00 bits per heavy atom. The SMILES string of the molecule is CC1NC(C)(C)CCOC1C. The minimum atomic E-state index is 0.240. The van der Waals surface area contributed by atoms with Crippen molar-refractivity contribution in [3.05, 3.63) is 0 Å². The van der Waals surface area contributed by atoms with Crippen LogP contribution in [0.1, 0.15) is 34.1 Å². The van der Waals surface area contributed by atoms with Gasteiger partial charge in [0.2, 0.25) is 0 Å². The van der Waals surface area contributed by atoms with Gasteiger partial charge >= 0.3 is 0 Å². The molecule has 11 heavy (non-hydrogen) atoms. The van der Waals surface area contributed by atoms with E-state index < -0.39 is 0 Å². The van der Waals surface area contributed by atoms with Crippen molar-refractivity contribution in [2.75, 3.05) is 6.61 Å². The molecule has 0 saturated carbocycles. The lowest BCUT2D eigenvalue weighted by molar-refractivity contribution is 0.0603. The van der Waals surface area contributed by atoms with Crippen LogP contribution in [0, 0.1) is 0 Å². The van der Waals surface area contributed by atoms with Crippen LogP contribution < -0.4 is 5.32 Å². The quantitative estimate of drug-likeness (QED) is 0.576. The third-order valence-corrected chi connectivity index (χ3v) is 2.43. The Morgan fingerprint density at radius 3 is 2.64 bits per heavy atom. The molecule has 1 saturated heterocycles. The molecule has 1 fully saturated rings. The summed E-state index contributed by atoms with van der Waals surface area (Å²) in [6, 6.07) is 0.465. The number of ether oxygens (including phenoxy) is 1. The van der Waals surface area contributed by atoms with E-state index in [-0.39, 0.29) is 5.54 Å². The number of hydrogen-bond acceptors (Lipinski definition) is 2. The molecular formula is C9H19NO. The summed E-state index contributed by atoms with van der Waals surface area (Å²) in [7, 11) is 0. The zero-order chi connectivity index (χ0) is 8.48. The van der Waals surface area contributed by atoms with Crippen LogP contribution in [-0.4, -0.2) is 24.3 Å². The van der Waals surface area contributed by atoms with Gasteiger partial charge in [-0.25, -0.2) is 0 Å². The summed E-state index contributed by atoms with van der Waals surface area (Å²) >= 11 is 0. The summed E-state index contributed by atoms with van der Waals surface area (Å²) in [5, 5.41) is 3.54. The molecule has 0 spiro atoms. The number of nitrogens with one attached hydrogen (secondary N) is 1. The Kier molecular flexibility index (Phi) is 2.55. The van der Waals surface area contributed by atoms with E-state index in [9.17, 15) is 0 Å². The summed E-state index contributed by atoms with van der Waals surface area (Å²) < 4.78 is 5.59. The fourth-order valence-corrected chi connectivity index (χ4v) is 1.45. The van der Waals surface area contributed by atoms with Crippen molar-refractivity contribution in [1.82, 2.24) is 5.32 Å². The van der Waals surface area contributed by atoms with Crippen LogP contribution in [0.2, 0.25) is 0 Å². The first-order valence-corrected chi connectivity index (χ1v) is 4.40. The predicted molar refractivity (Wildman–Crippen MR) is 46.7 cm³/mol. The van der Waals surface area contributed by atoms with Gasteiger partial charge in [-0.15, -0.1) is 0 Å². The van der Waals surface area contributed by atoms with E-state index in [4.69, 9.17) is 4.74 Å². The predicted octanol–water partition coefficient (Wildman–Crippen LogP) is 1.55. The molecule has 0 aliphatic carbocycles. The zero-order valence-corrected chi connectivity index (χ0v) is 7.98. The monoisotopic (exact) mass is 157 g/mol. The minimum Gasteiger partial charge on any atom is -0.377 e. The van der Waals surface area contributed by atoms with Crippen molar-refractivity contribution in [1.29, 1.82) is 0 Å². The van der Waals surface area contributed by atoms with Gasteiger partial charge in [-0.05, 0) is 34.1 Å². The van der Waals surface area contributed by atoms with Crippen LogP contribution >= 0.6 is 0 Å². The van der Waals surface area contributed by atoms with E-state index in [0.29, 0.717) is 12.1 Å². The molecule has 0 bridgehead atoms. The Labute approximate surface area is 69.3 Å². The smallest absolute Gasteiger partial charge is 0.0697 e. The van der Waals surface area contributed by atoms with E-state index in [1.165, 1.54) is 0 Å². The van der Waals surface area contributed by atoms with E-state index in [0.717, 1.165) is 13.0 Å². The summed E-state index contributed by atoms with van der Waals surface area (Å²) in [6.45, 7) is 9.64. The lowest BCUT2D eigenvalue weighted by atomic mass is 10.0. The van der Waals surface area contributed by atoms with Gasteiger partial charge in [0.1, 0.15) is 0 Å². The number of rotatable bonds is 0. The maximum absolute atomic E-state index is 5.59. The molecule has 0 amide bonds. The van der Waals surface area contributed by atoms with Gasteiger partial charge in [-0.1, -0.05) is 0 Å². The van der Waals surface area contributed by atoms with Gasteiger partial charge < -0.3 is 10.1 Å². The molecular weight excluding hydrogens is 138 g/mol. The van der Waals surface area contributed by atoms with Crippen LogP contribution in [0.3, 0.4) is 0 Å². The molecule has 2 nitrogen and oxygen atoms in total. The van der Waals surface area contributed by atoms with Crippen LogP contribution in [0.4, 0.5) is 0 Å². The van der Waals surface area contributed by atoms with Crippen LogP contribution in [-0.2, 0) is 4.74 Å². The van der Waals surface area contributed by atoms with E-state index >= 15 is 0 Å². The highest BCUT2D eigenvalue weighted by atomic mass is 16.5. The zero-order valence-electron chi connectivity index (χ0n) is 7.98. The topological polar surface area (TPSA) is 21.3 Å². The number of hydrogen-bond donors (Lipinski definition) is 1. The molecule has 0 aromatic rings. The second-order valence-electron chi connectivity index (χ2n) is 4.14. The highest BCUT2D eigenvalue weighted by Gasteiger charge is 2.26. The molecule has 1 rings (SSSR count). The normalized spacial score (nSPS) is 38.2. The van der Waals surface area contributed by atoms with Crippen molar-refractivity contribution < 1.29 is 4.74 Å². The summed E-state index contributed by atoms with van der Waals surface area (Å²) in [6.07, 6.45) is 1.44. The van der Waals surface area contributed by atoms with Crippen molar-refractivity contribution in [2.45, 2.75) is 51.8 Å². The first-order chi connectivity index (χ1) is 5.01. The standard InChI is InChI=1S/C9H19NO/c1-7-8(2)11-6-5-9(3,4)10-7/h7-8,10H,5-6H2,1-4H3. The largest absolute Gasteiger partial charge is 0.377 e. The van der Waals surface area contributed by atoms with Crippen LogP contribution in [0.15, 0.2) is 0 Å². The van der Waals surface area contributed by atoms with Crippen molar-refractivity contribution in [3.63, 3.8) is 0 Å². The lowest BCUT2D eigenvalue weighted by Gasteiger charge is -2.27. The highest BCUT2D eigenvalue weighted by Crippen LogP contribution is 2.16. The van der Waals surface area contributed by atoms with Gasteiger partial charge in [-0.2, -0.15) is 0 Å². The molecule has 66 valence electrons. The molecule has 2 heteroatoms. The second-order valence-corrected chi connectivity index (χ2v) is 4.14. The van der Waals surface area contributed by atoms with Crippen molar-refractivity contribution >= 4 is 0 Å². The fourth-order valence-electron chi connectivity index (χ4n) is 1.45. The van der Waals surface area contributed by atoms with Gasteiger partial charge in [0.15, 0.2) is 0 Å². The van der Waals surface area contributed by atoms with Gasteiger partial charge in [0.05, 0.1) is 6.10 Å². The van der Waals surface area contributed by atoms with Gasteiger partial charge in [-0.3, -0.25) is 0 Å². The van der Waals surface area contributed by atoms with Gasteiger partial charge in [0, 0.05) is 18.2 Å². The Balaban J connectivity index is 2.55. The molecule has 1 heterocycles. The molecule has 0 radical (unpaired) electrons. The molecule has 2 unspecified atom stereocenters. The Bertz CT molecular complexity index is 134. The first kappa shape index (κ1) is 9.01. The summed E-state index contributed by atoms with van der Waals surface area (Å²) in [4.78, 5) is 0. The average molecular weight is 157 g/mol. The maximum atomic E-state index is 5.59. The highest BCUT2D eigenvalue weighted by molar-refractivity contribution is 4.85. The average Bonchev–Trinajstić information content (AvgIpc) is 1.93. The van der Waals surface area contributed by atoms with E-state index in [2.05, 4.69) is 33.0 Å². The first-order valence-electron chi connectivity index (χ1n) is 4.40. The summed E-state index contributed by atoms with van der Waals surface area (Å²) in [5.41, 5.74) is 0.240. The molecule has 2 atom stereocenters. The Morgan fingerprint density at radius 1 is 1.36 bits per heavy atom. The third kappa shape index (κ3) is 2.46. The van der Waals surface area contributed by atoms with E-state index in [1.807, 2.05) is 0 Å². The van der Waals surface area contributed by atoms with Gasteiger partial charge in [0.25, 0.3) is 0 Å². The third-order valence-electron chi connectivity index (χ3n) is 2.43.